The summed E-state index contributed by atoms with van der Waals surface area (Å²) >= 11 is 6.55. The van der Waals surface area contributed by atoms with Crippen LogP contribution in [0.2, 0.25) is 5.02 Å². The molecule has 4 heterocycles. The number of hydrogen-bond acceptors (Lipinski definition) is 6. The zero-order chi connectivity index (χ0) is 27.1. The summed E-state index contributed by atoms with van der Waals surface area (Å²) in [6.07, 6.45) is 2.98. The van der Waals surface area contributed by atoms with Gasteiger partial charge < -0.3 is 4.98 Å². The zero-order valence-corrected chi connectivity index (χ0v) is 22.1. The Labute approximate surface area is 228 Å². The van der Waals surface area contributed by atoms with Crippen molar-refractivity contribution in [2.24, 2.45) is 0 Å². The molecule has 0 amide bonds. The number of H-pyrrole nitrogens is 2. The van der Waals surface area contributed by atoms with Gasteiger partial charge in [0.25, 0.3) is 5.56 Å². The number of nitrogens with one attached hydrogen (secondary N) is 3. The molecule has 3 N–H and O–H groups in total. The van der Waals surface area contributed by atoms with Gasteiger partial charge in [0.05, 0.1) is 22.4 Å². The van der Waals surface area contributed by atoms with Gasteiger partial charge in [-0.3, -0.25) is 14.9 Å². The lowest BCUT2D eigenvalue weighted by molar-refractivity contribution is 0.580. The van der Waals surface area contributed by atoms with Gasteiger partial charge in [0.2, 0.25) is 10.0 Å². The number of benzene rings is 2. The molecule has 0 aliphatic carbocycles. The molecule has 6 rings (SSSR count). The van der Waals surface area contributed by atoms with Crippen molar-refractivity contribution >= 4 is 43.6 Å². The van der Waals surface area contributed by atoms with Crippen molar-refractivity contribution in [3.05, 3.63) is 106 Å². The van der Waals surface area contributed by atoms with Gasteiger partial charge in [0, 0.05) is 45.9 Å². The third-order valence-electron chi connectivity index (χ3n) is 6.41. The number of fused-ring (bicyclic) bond motifs is 2. The van der Waals surface area contributed by atoms with Crippen LogP contribution in [0, 0.1) is 6.92 Å². The van der Waals surface area contributed by atoms with E-state index in [4.69, 9.17) is 16.6 Å². The molecular weight excluding hydrogens is 536 g/mol. The fraction of sp³-hybridized carbons (Fsp3) is 0.0714. The maximum atomic E-state index is 12.9. The maximum absolute atomic E-state index is 12.9. The first-order valence-corrected chi connectivity index (χ1v) is 13.8. The summed E-state index contributed by atoms with van der Waals surface area (Å²) in [6, 6.07) is 20.1. The van der Waals surface area contributed by atoms with Crippen LogP contribution in [-0.4, -0.2) is 33.6 Å². The van der Waals surface area contributed by atoms with Crippen LogP contribution >= 0.6 is 11.6 Å². The van der Waals surface area contributed by atoms with Crippen molar-refractivity contribution < 1.29 is 8.42 Å². The number of aromatic amines is 2. The maximum Gasteiger partial charge on any atom is 0.254 e. The number of sulfonamides is 1. The molecule has 0 fully saturated rings. The molecule has 2 aromatic carbocycles. The molecule has 0 aliphatic heterocycles. The van der Waals surface area contributed by atoms with E-state index in [1.54, 1.807) is 25.3 Å². The van der Waals surface area contributed by atoms with Crippen LogP contribution in [0.4, 0.5) is 0 Å². The number of aryl methyl sites for hydroxylation is 1. The predicted octanol–water partition coefficient (Wildman–Crippen LogP) is 4.97. The first-order valence-electron chi connectivity index (χ1n) is 12.0. The van der Waals surface area contributed by atoms with Crippen molar-refractivity contribution in [2.75, 3.05) is 0 Å². The summed E-state index contributed by atoms with van der Waals surface area (Å²) < 4.78 is 28.0. The van der Waals surface area contributed by atoms with Crippen molar-refractivity contribution in [3.63, 3.8) is 0 Å². The Hall–Kier alpha value is -4.38. The smallest absolute Gasteiger partial charge is 0.254 e. The summed E-state index contributed by atoms with van der Waals surface area (Å²) in [6.45, 7) is 1.56. The number of pyridine rings is 3. The molecule has 6 aromatic rings. The summed E-state index contributed by atoms with van der Waals surface area (Å²) in [5.41, 5.74) is 4.77. The van der Waals surface area contributed by atoms with Crippen LogP contribution < -0.4 is 10.3 Å². The van der Waals surface area contributed by atoms with Gasteiger partial charge >= 0.3 is 0 Å². The minimum absolute atomic E-state index is 0.0216. The quantitative estimate of drug-likeness (QED) is 0.265. The number of aromatic nitrogens is 5. The molecule has 0 saturated heterocycles. The number of hydrogen-bond donors (Lipinski definition) is 3. The Bertz CT molecular complexity index is 2020. The fourth-order valence-electron chi connectivity index (χ4n) is 4.39. The van der Waals surface area contributed by atoms with E-state index in [1.807, 2.05) is 48.5 Å². The van der Waals surface area contributed by atoms with E-state index in [2.05, 4.69) is 24.9 Å². The Morgan fingerprint density at radius 1 is 0.949 bits per heavy atom. The first kappa shape index (κ1) is 24.9. The lowest BCUT2D eigenvalue weighted by Gasteiger charge is -2.13. The molecule has 0 saturated carbocycles. The van der Waals surface area contributed by atoms with Crippen LogP contribution in [0.25, 0.3) is 44.3 Å². The summed E-state index contributed by atoms with van der Waals surface area (Å²) in [7, 11) is -3.86. The molecule has 0 atom stereocenters. The molecule has 0 radical (unpaired) electrons. The Morgan fingerprint density at radius 2 is 1.77 bits per heavy atom. The van der Waals surface area contributed by atoms with E-state index in [1.165, 1.54) is 12.3 Å². The highest BCUT2D eigenvalue weighted by Gasteiger charge is 2.18. The third-order valence-corrected chi connectivity index (χ3v) is 8.10. The lowest BCUT2D eigenvalue weighted by atomic mass is 9.97. The van der Waals surface area contributed by atoms with Crippen LogP contribution in [-0.2, 0) is 16.6 Å². The number of nitrogens with zero attached hydrogens (tertiary/aromatic N) is 3. The zero-order valence-electron chi connectivity index (χ0n) is 20.6. The normalized spacial score (nSPS) is 11.8. The van der Waals surface area contributed by atoms with Gasteiger partial charge in [-0.2, -0.15) is 5.10 Å². The van der Waals surface area contributed by atoms with E-state index >= 15 is 0 Å². The van der Waals surface area contributed by atoms with Crippen molar-refractivity contribution in [3.8, 4) is 22.4 Å². The van der Waals surface area contributed by atoms with Gasteiger partial charge in [0.1, 0.15) is 10.5 Å². The van der Waals surface area contributed by atoms with Crippen molar-refractivity contribution in [1.29, 1.82) is 0 Å². The van der Waals surface area contributed by atoms with Crippen LogP contribution in [0.5, 0.6) is 0 Å². The monoisotopic (exact) mass is 556 g/mol. The molecule has 0 spiro atoms. The van der Waals surface area contributed by atoms with E-state index in [-0.39, 0.29) is 17.0 Å². The van der Waals surface area contributed by atoms with Crippen molar-refractivity contribution in [2.45, 2.75) is 18.4 Å². The summed E-state index contributed by atoms with van der Waals surface area (Å²) in [5, 5.41) is 8.99. The van der Waals surface area contributed by atoms with Crippen molar-refractivity contribution in [1.82, 2.24) is 29.9 Å². The minimum Gasteiger partial charge on any atom is -0.306 e. The number of rotatable bonds is 6. The number of halogens is 1. The average molecular weight is 557 g/mol. The largest absolute Gasteiger partial charge is 0.306 e. The van der Waals surface area contributed by atoms with Gasteiger partial charge in [-0.15, -0.1) is 0 Å². The Kier molecular flexibility index (Phi) is 6.22. The van der Waals surface area contributed by atoms with Gasteiger partial charge in [-0.05, 0) is 48.9 Å². The van der Waals surface area contributed by atoms with Crippen LogP contribution in [0.1, 0.15) is 11.3 Å². The molecule has 9 nitrogen and oxygen atoms in total. The fourth-order valence-corrected chi connectivity index (χ4v) is 5.61. The van der Waals surface area contributed by atoms with E-state index in [0.717, 1.165) is 27.6 Å². The highest BCUT2D eigenvalue weighted by Crippen LogP contribution is 2.36. The SMILES string of the molecule is Cc1ccc(S(=O)(=O)NCc2cc3cc(-c4cc(Cl)c5[nH]ncc5c4)c(-c4ccccc4)nc3[nH]c2=O)cn1. The van der Waals surface area contributed by atoms with E-state index in [0.29, 0.717) is 27.4 Å². The van der Waals surface area contributed by atoms with Gasteiger partial charge in [-0.25, -0.2) is 18.1 Å². The standard InChI is InChI=1S/C28H21ClN6O3S/c1-16-7-8-22(15-30-16)39(37,38)32-14-21-10-19-11-23(18-9-20-13-31-35-26(20)24(29)12-18)25(17-5-3-2-4-6-17)33-27(19)34-28(21)36/h2-13,15,32H,14H2,1H3,(H,31,35)(H,33,34,36). The first-order chi connectivity index (χ1) is 18.8. The molecule has 0 bridgehead atoms. The average Bonchev–Trinajstić information content (AvgIpc) is 3.42. The molecule has 39 heavy (non-hydrogen) atoms. The molecule has 0 unspecified atom stereocenters. The topological polar surface area (TPSA) is 133 Å². The van der Waals surface area contributed by atoms with Crippen LogP contribution in [0.15, 0.2) is 88.8 Å². The summed E-state index contributed by atoms with van der Waals surface area (Å²) in [5.74, 6) is 0. The lowest BCUT2D eigenvalue weighted by Crippen LogP contribution is -2.27. The molecule has 4 aromatic heterocycles. The second kappa shape index (κ2) is 9.73. The molecule has 0 aliphatic rings. The molecule has 11 heteroatoms. The van der Waals surface area contributed by atoms with E-state index in [9.17, 15) is 13.2 Å². The Morgan fingerprint density at radius 3 is 2.54 bits per heavy atom. The van der Waals surface area contributed by atoms with Crippen LogP contribution in [0.3, 0.4) is 0 Å². The molecular formula is C28H21ClN6O3S. The summed E-state index contributed by atoms with van der Waals surface area (Å²) in [4.78, 5) is 24.6. The highest BCUT2D eigenvalue weighted by atomic mass is 35.5. The Balaban J connectivity index is 1.46. The second-order valence-corrected chi connectivity index (χ2v) is 11.2. The predicted molar refractivity (Wildman–Crippen MR) is 151 cm³/mol. The molecule has 194 valence electrons. The second-order valence-electron chi connectivity index (χ2n) is 9.06. The third kappa shape index (κ3) is 4.81. The highest BCUT2D eigenvalue weighted by molar-refractivity contribution is 7.89. The minimum atomic E-state index is -3.86. The van der Waals surface area contributed by atoms with Gasteiger partial charge in [-0.1, -0.05) is 41.9 Å². The van der Waals surface area contributed by atoms with Gasteiger partial charge in [0.15, 0.2) is 0 Å². The van der Waals surface area contributed by atoms with E-state index < -0.39 is 15.6 Å².